The van der Waals surface area contributed by atoms with Gasteiger partial charge in [-0.2, -0.15) is 4.31 Å². The van der Waals surface area contributed by atoms with E-state index in [0.717, 1.165) is 23.2 Å². The van der Waals surface area contributed by atoms with Crippen LogP contribution < -0.4 is 9.64 Å². The molecule has 6 nitrogen and oxygen atoms in total. The van der Waals surface area contributed by atoms with E-state index >= 15 is 0 Å². The van der Waals surface area contributed by atoms with Gasteiger partial charge < -0.3 is 9.64 Å². The Morgan fingerprint density at radius 2 is 2.03 bits per heavy atom. The van der Waals surface area contributed by atoms with Gasteiger partial charge in [-0.25, -0.2) is 8.42 Å². The molecule has 0 atom stereocenters. The number of sulfonamides is 1. The predicted molar refractivity (Wildman–Crippen MR) is 114 cm³/mol. The molecule has 29 heavy (non-hydrogen) atoms. The molecule has 154 valence electrons. The van der Waals surface area contributed by atoms with E-state index < -0.39 is 10.0 Å². The van der Waals surface area contributed by atoms with Crippen molar-refractivity contribution in [1.29, 1.82) is 0 Å². The van der Waals surface area contributed by atoms with Crippen LogP contribution in [0.4, 0.5) is 5.69 Å². The van der Waals surface area contributed by atoms with Crippen molar-refractivity contribution in [2.45, 2.75) is 31.2 Å². The van der Waals surface area contributed by atoms with Gasteiger partial charge >= 0.3 is 0 Å². The Morgan fingerprint density at radius 1 is 1.24 bits per heavy atom. The minimum atomic E-state index is -3.67. The maximum absolute atomic E-state index is 13.0. The highest BCUT2D eigenvalue weighted by Crippen LogP contribution is 2.28. The zero-order chi connectivity index (χ0) is 21.0. The highest BCUT2D eigenvalue weighted by Gasteiger charge is 2.26. The van der Waals surface area contributed by atoms with Gasteiger partial charge in [-0.3, -0.25) is 4.79 Å². The van der Waals surface area contributed by atoms with Crippen LogP contribution in [0.3, 0.4) is 0 Å². The summed E-state index contributed by atoms with van der Waals surface area (Å²) in [6.07, 6.45) is 3.03. The van der Waals surface area contributed by atoms with Crippen LogP contribution in [0.15, 0.2) is 60.0 Å². The van der Waals surface area contributed by atoms with Gasteiger partial charge in [0, 0.05) is 32.2 Å². The number of aryl methyl sites for hydroxylation is 1. The number of rotatable bonds is 8. The molecule has 1 heterocycles. The molecule has 3 rings (SSSR count). The molecular weight excluding hydrogens is 388 g/mol. The van der Waals surface area contributed by atoms with Crippen LogP contribution in [0.5, 0.6) is 5.75 Å². The summed E-state index contributed by atoms with van der Waals surface area (Å²) in [5, 5.41) is 0. The Kier molecular flexibility index (Phi) is 6.39. The Labute approximate surface area is 172 Å². The second-order valence-corrected chi connectivity index (χ2v) is 9.15. The first-order valence-corrected chi connectivity index (χ1v) is 11.0. The summed E-state index contributed by atoms with van der Waals surface area (Å²) in [7, 11) is -2.11. The maximum atomic E-state index is 13.0. The SMILES string of the molecule is C=CCOc1cccc(CN(C)S(=O)(=O)c2ccc(N3CCCC3=O)c(C)c2)c1. The third kappa shape index (κ3) is 4.68. The molecule has 1 amide bonds. The summed E-state index contributed by atoms with van der Waals surface area (Å²) in [6.45, 7) is 6.74. The highest BCUT2D eigenvalue weighted by atomic mass is 32.2. The zero-order valence-electron chi connectivity index (χ0n) is 16.8. The fraction of sp³-hybridized carbons (Fsp3) is 0.318. The summed E-state index contributed by atoms with van der Waals surface area (Å²) in [6, 6.07) is 12.3. The Balaban J connectivity index is 1.78. The van der Waals surface area contributed by atoms with E-state index in [4.69, 9.17) is 4.74 Å². The van der Waals surface area contributed by atoms with Crippen molar-refractivity contribution in [3.8, 4) is 5.75 Å². The molecular formula is C22H26N2O4S. The number of hydrogen-bond acceptors (Lipinski definition) is 4. The number of hydrogen-bond donors (Lipinski definition) is 0. The Bertz CT molecular complexity index is 1020. The normalized spacial score (nSPS) is 14.4. The van der Waals surface area contributed by atoms with E-state index in [-0.39, 0.29) is 17.3 Å². The lowest BCUT2D eigenvalue weighted by Crippen LogP contribution is -2.27. The van der Waals surface area contributed by atoms with Gasteiger partial charge in [0.05, 0.1) is 4.90 Å². The van der Waals surface area contributed by atoms with Crippen molar-refractivity contribution >= 4 is 21.6 Å². The lowest BCUT2D eigenvalue weighted by atomic mass is 10.2. The molecule has 0 unspecified atom stereocenters. The van der Waals surface area contributed by atoms with Crippen LogP contribution in [0.2, 0.25) is 0 Å². The lowest BCUT2D eigenvalue weighted by molar-refractivity contribution is -0.117. The van der Waals surface area contributed by atoms with Gasteiger partial charge in [-0.15, -0.1) is 0 Å². The Hall–Kier alpha value is -2.64. The number of ether oxygens (including phenoxy) is 1. The minimum absolute atomic E-state index is 0.0828. The number of anilines is 1. The molecule has 1 aliphatic heterocycles. The topological polar surface area (TPSA) is 66.9 Å². The summed E-state index contributed by atoms with van der Waals surface area (Å²) in [5.74, 6) is 0.753. The van der Waals surface area contributed by atoms with Gasteiger partial charge in [-0.05, 0) is 54.8 Å². The van der Waals surface area contributed by atoms with Crippen molar-refractivity contribution in [2.75, 3.05) is 25.1 Å². The molecule has 2 aromatic rings. The molecule has 2 aromatic carbocycles. The van der Waals surface area contributed by atoms with E-state index in [1.807, 2.05) is 31.2 Å². The molecule has 1 saturated heterocycles. The molecule has 7 heteroatoms. The molecule has 0 aromatic heterocycles. The van der Waals surface area contributed by atoms with Crippen LogP contribution >= 0.6 is 0 Å². The first kappa shape index (κ1) is 21.1. The van der Waals surface area contributed by atoms with Crippen LogP contribution in [-0.2, 0) is 21.4 Å². The fourth-order valence-corrected chi connectivity index (χ4v) is 4.65. The number of carbonyl (C=O) groups excluding carboxylic acids is 1. The standard InChI is InChI=1S/C22H26N2O4S/c1-4-13-28-19-8-5-7-18(15-19)16-23(3)29(26,27)20-10-11-21(17(2)14-20)24-12-6-9-22(24)25/h4-5,7-8,10-11,14-15H,1,6,9,12-13,16H2,2-3H3. The quantitative estimate of drug-likeness (QED) is 0.620. The second kappa shape index (κ2) is 8.80. The molecule has 0 saturated carbocycles. The first-order valence-electron chi connectivity index (χ1n) is 9.53. The van der Waals surface area contributed by atoms with Gasteiger partial charge in [0.2, 0.25) is 15.9 Å². The van der Waals surface area contributed by atoms with E-state index in [2.05, 4.69) is 6.58 Å². The lowest BCUT2D eigenvalue weighted by Gasteiger charge is -2.21. The van der Waals surface area contributed by atoms with E-state index in [1.165, 1.54) is 4.31 Å². The molecule has 0 spiro atoms. The average Bonchev–Trinajstić information content (AvgIpc) is 3.12. The molecule has 0 aliphatic carbocycles. The molecule has 1 aliphatic rings. The van der Waals surface area contributed by atoms with E-state index in [9.17, 15) is 13.2 Å². The van der Waals surface area contributed by atoms with Crippen molar-refractivity contribution in [3.05, 3.63) is 66.2 Å². The average molecular weight is 415 g/mol. The smallest absolute Gasteiger partial charge is 0.243 e. The molecule has 0 radical (unpaired) electrons. The summed E-state index contributed by atoms with van der Waals surface area (Å²) in [5.41, 5.74) is 2.38. The first-order chi connectivity index (χ1) is 13.8. The maximum Gasteiger partial charge on any atom is 0.243 e. The third-order valence-electron chi connectivity index (χ3n) is 4.91. The van der Waals surface area contributed by atoms with E-state index in [0.29, 0.717) is 25.3 Å². The fourth-order valence-electron chi connectivity index (χ4n) is 3.40. The minimum Gasteiger partial charge on any atom is -0.490 e. The van der Waals surface area contributed by atoms with Gasteiger partial charge in [0.25, 0.3) is 0 Å². The van der Waals surface area contributed by atoms with Crippen LogP contribution in [0.1, 0.15) is 24.0 Å². The third-order valence-corrected chi connectivity index (χ3v) is 6.71. The van der Waals surface area contributed by atoms with Crippen molar-refractivity contribution in [2.24, 2.45) is 0 Å². The number of amides is 1. The summed E-state index contributed by atoms with van der Waals surface area (Å²) >= 11 is 0. The zero-order valence-corrected chi connectivity index (χ0v) is 17.6. The van der Waals surface area contributed by atoms with Crippen molar-refractivity contribution in [3.63, 3.8) is 0 Å². The molecule has 1 fully saturated rings. The Morgan fingerprint density at radius 3 is 2.69 bits per heavy atom. The number of benzene rings is 2. The second-order valence-electron chi connectivity index (χ2n) is 7.11. The number of nitrogens with zero attached hydrogens (tertiary/aromatic N) is 2. The van der Waals surface area contributed by atoms with Crippen LogP contribution in [-0.4, -0.2) is 38.8 Å². The molecule has 0 bridgehead atoms. The molecule has 0 N–H and O–H groups in total. The van der Waals surface area contributed by atoms with Crippen molar-refractivity contribution in [1.82, 2.24) is 4.31 Å². The highest BCUT2D eigenvalue weighted by molar-refractivity contribution is 7.89. The van der Waals surface area contributed by atoms with Gasteiger partial charge in [-0.1, -0.05) is 24.8 Å². The monoisotopic (exact) mass is 414 g/mol. The van der Waals surface area contributed by atoms with Crippen molar-refractivity contribution < 1.29 is 17.9 Å². The van der Waals surface area contributed by atoms with Crippen LogP contribution in [0.25, 0.3) is 0 Å². The summed E-state index contributed by atoms with van der Waals surface area (Å²) in [4.78, 5) is 13.9. The summed E-state index contributed by atoms with van der Waals surface area (Å²) < 4.78 is 32.9. The largest absolute Gasteiger partial charge is 0.490 e. The van der Waals surface area contributed by atoms with Gasteiger partial charge in [0.15, 0.2) is 0 Å². The van der Waals surface area contributed by atoms with E-state index in [1.54, 1.807) is 36.2 Å². The predicted octanol–water partition coefficient (Wildman–Crippen LogP) is 3.51. The van der Waals surface area contributed by atoms with Gasteiger partial charge in [0.1, 0.15) is 12.4 Å². The number of carbonyl (C=O) groups is 1. The van der Waals surface area contributed by atoms with Crippen LogP contribution in [0, 0.1) is 6.92 Å².